The molecule has 2 aromatic carbocycles. The largest absolute Gasteiger partial charge is 0.456 e. The van der Waals surface area contributed by atoms with Crippen LogP contribution < -0.4 is 14.9 Å². The van der Waals surface area contributed by atoms with Crippen molar-refractivity contribution < 1.29 is 22.7 Å². The highest BCUT2D eigenvalue weighted by atomic mass is 32.2. The number of esters is 1. The second kappa shape index (κ2) is 9.86. The van der Waals surface area contributed by atoms with E-state index >= 15 is 0 Å². The Kier molecular flexibility index (Phi) is 7.53. The predicted molar refractivity (Wildman–Crippen MR) is 107 cm³/mol. The van der Waals surface area contributed by atoms with Crippen molar-refractivity contribution in [3.8, 4) is 0 Å². The van der Waals surface area contributed by atoms with Crippen molar-refractivity contribution >= 4 is 33.3 Å². The molecule has 2 N–H and O–H groups in total. The Bertz CT molecular complexity index is 897. The van der Waals surface area contributed by atoms with Gasteiger partial charge in [0.15, 0.2) is 6.61 Å². The highest BCUT2D eigenvalue weighted by Crippen LogP contribution is 2.15. The zero-order valence-corrected chi connectivity index (χ0v) is 16.5. The van der Waals surface area contributed by atoms with E-state index < -0.39 is 28.5 Å². The molecule has 0 bridgehead atoms. The van der Waals surface area contributed by atoms with Crippen molar-refractivity contribution in [3.05, 3.63) is 54.6 Å². The molecule has 2 rings (SSSR count). The molecule has 0 aliphatic carbocycles. The van der Waals surface area contributed by atoms with Crippen LogP contribution in [0, 0.1) is 0 Å². The number of amides is 1. The van der Waals surface area contributed by atoms with Crippen LogP contribution in [-0.2, 0) is 24.3 Å². The predicted octanol–water partition coefficient (Wildman–Crippen LogP) is 1.60. The molecule has 1 amide bonds. The van der Waals surface area contributed by atoms with Crippen LogP contribution in [-0.4, -0.2) is 47.5 Å². The zero-order chi connectivity index (χ0) is 20.6. The first-order chi connectivity index (χ1) is 13.3. The number of ether oxygens (including phenoxy) is 1. The first kappa shape index (κ1) is 21.4. The highest BCUT2D eigenvalue weighted by molar-refractivity contribution is 7.89. The second-order valence-electron chi connectivity index (χ2n) is 6.11. The molecule has 0 unspecified atom stereocenters. The lowest BCUT2D eigenvalue weighted by atomic mass is 10.2. The van der Waals surface area contributed by atoms with Gasteiger partial charge in [-0.15, -0.1) is 0 Å². The summed E-state index contributed by atoms with van der Waals surface area (Å²) in [4.78, 5) is 25.6. The van der Waals surface area contributed by atoms with E-state index in [2.05, 4.69) is 10.0 Å². The Labute approximate surface area is 164 Å². The second-order valence-corrected chi connectivity index (χ2v) is 7.88. The summed E-state index contributed by atoms with van der Waals surface area (Å²) >= 11 is 0. The molecule has 150 valence electrons. The summed E-state index contributed by atoms with van der Waals surface area (Å²) in [5.41, 5.74) is 1.57. The summed E-state index contributed by atoms with van der Waals surface area (Å²) in [6, 6.07) is 15.0. The van der Waals surface area contributed by atoms with E-state index in [-0.39, 0.29) is 17.9 Å². The number of benzene rings is 2. The Morgan fingerprint density at radius 2 is 1.64 bits per heavy atom. The van der Waals surface area contributed by atoms with Crippen LogP contribution in [0.2, 0.25) is 0 Å². The van der Waals surface area contributed by atoms with Crippen LogP contribution >= 0.6 is 0 Å². The van der Waals surface area contributed by atoms with E-state index in [9.17, 15) is 18.0 Å². The maximum atomic E-state index is 12.0. The van der Waals surface area contributed by atoms with Gasteiger partial charge in [0.1, 0.15) is 0 Å². The average Bonchev–Trinajstić information content (AvgIpc) is 2.67. The quantitative estimate of drug-likeness (QED) is 0.614. The molecule has 0 saturated carbocycles. The number of hydrogen-bond donors (Lipinski definition) is 2. The summed E-state index contributed by atoms with van der Waals surface area (Å²) in [7, 11) is 0.141. The lowest BCUT2D eigenvalue weighted by Crippen LogP contribution is -2.27. The number of carbonyl (C=O) groups is 2. The van der Waals surface area contributed by atoms with E-state index in [1.54, 1.807) is 30.3 Å². The van der Waals surface area contributed by atoms with E-state index in [0.29, 0.717) is 5.69 Å². The third kappa shape index (κ3) is 6.67. The number of hydrogen-bond acceptors (Lipinski definition) is 6. The maximum Gasteiger partial charge on any atom is 0.307 e. The molecule has 0 radical (unpaired) electrons. The molecule has 8 nitrogen and oxygen atoms in total. The fourth-order valence-electron chi connectivity index (χ4n) is 2.23. The Morgan fingerprint density at radius 3 is 2.25 bits per heavy atom. The summed E-state index contributed by atoms with van der Waals surface area (Å²) in [6.07, 6.45) is -0.184. The van der Waals surface area contributed by atoms with Crippen LogP contribution in [0.5, 0.6) is 0 Å². The maximum absolute atomic E-state index is 12.0. The summed E-state index contributed by atoms with van der Waals surface area (Å²) in [5, 5.41) is 2.62. The fourth-order valence-corrected chi connectivity index (χ4v) is 3.28. The lowest BCUT2D eigenvalue weighted by molar-refractivity contribution is -0.147. The standard InChI is InChI=1S/C19H23N3O5S/c1-22(2)16-10-8-15(9-11-16)21-18(23)14-27-19(24)12-13-20-28(25,26)17-6-4-3-5-7-17/h3-11,20H,12-14H2,1-2H3,(H,21,23). The number of nitrogens with one attached hydrogen (secondary N) is 2. The first-order valence-corrected chi connectivity index (χ1v) is 10.0. The van der Waals surface area contributed by atoms with E-state index in [0.717, 1.165) is 5.69 Å². The number of nitrogens with zero attached hydrogens (tertiary/aromatic N) is 1. The Balaban J connectivity index is 1.71. The third-order valence-electron chi connectivity index (χ3n) is 3.71. The SMILES string of the molecule is CN(C)c1ccc(NC(=O)COC(=O)CCNS(=O)(=O)c2ccccc2)cc1. The van der Waals surface area contributed by atoms with Gasteiger partial charge in [-0.3, -0.25) is 9.59 Å². The minimum Gasteiger partial charge on any atom is -0.456 e. The monoisotopic (exact) mass is 405 g/mol. The molecule has 0 heterocycles. The van der Waals surface area contributed by atoms with Gasteiger partial charge in [0, 0.05) is 32.0 Å². The van der Waals surface area contributed by atoms with Gasteiger partial charge in [-0.05, 0) is 36.4 Å². The van der Waals surface area contributed by atoms with Gasteiger partial charge >= 0.3 is 5.97 Å². The minimum absolute atomic E-state index is 0.114. The van der Waals surface area contributed by atoms with Gasteiger partial charge in [0.25, 0.3) is 5.91 Å². The topological polar surface area (TPSA) is 105 Å². The third-order valence-corrected chi connectivity index (χ3v) is 5.18. The molecule has 0 spiro atoms. The van der Waals surface area contributed by atoms with E-state index in [4.69, 9.17) is 4.74 Å². The van der Waals surface area contributed by atoms with Crippen LogP contribution in [0.3, 0.4) is 0 Å². The molecular formula is C19H23N3O5S. The fraction of sp³-hybridized carbons (Fsp3) is 0.263. The van der Waals surface area contributed by atoms with Crippen molar-refractivity contribution in [2.75, 3.05) is 37.5 Å². The number of anilines is 2. The molecule has 2 aromatic rings. The van der Waals surface area contributed by atoms with Crippen LogP contribution in [0.1, 0.15) is 6.42 Å². The summed E-state index contributed by atoms with van der Waals surface area (Å²) < 4.78 is 31.2. The number of carbonyl (C=O) groups excluding carboxylic acids is 2. The van der Waals surface area contributed by atoms with E-state index in [1.807, 2.05) is 31.1 Å². The van der Waals surface area contributed by atoms with Crippen molar-refractivity contribution in [1.29, 1.82) is 0 Å². The number of sulfonamides is 1. The summed E-state index contributed by atoms with van der Waals surface area (Å²) in [6.45, 7) is -0.566. The normalized spacial score (nSPS) is 10.9. The molecule has 0 aliphatic heterocycles. The molecule has 0 fully saturated rings. The van der Waals surface area contributed by atoms with Gasteiger partial charge in [-0.1, -0.05) is 18.2 Å². The van der Waals surface area contributed by atoms with Gasteiger partial charge in [-0.2, -0.15) is 0 Å². The first-order valence-electron chi connectivity index (χ1n) is 8.55. The molecule has 0 saturated heterocycles. The van der Waals surface area contributed by atoms with Gasteiger partial charge < -0.3 is 15.0 Å². The minimum atomic E-state index is -3.68. The lowest BCUT2D eigenvalue weighted by Gasteiger charge is -2.13. The van der Waals surface area contributed by atoms with E-state index in [1.165, 1.54) is 12.1 Å². The highest BCUT2D eigenvalue weighted by Gasteiger charge is 2.14. The van der Waals surface area contributed by atoms with Crippen LogP contribution in [0.4, 0.5) is 11.4 Å². The van der Waals surface area contributed by atoms with Gasteiger partial charge in [0.2, 0.25) is 10.0 Å². The van der Waals surface area contributed by atoms with Crippen LogP contribution in [0.15, 0.2) is 59.5 Å². The Hall–Kier alpha value is -2.91. The molecule has 0 aliphatic rings. The van der Waals surface area contributed by atoms with Crippen LogP contribution in [0.25, 0.3) is 0 Å². The summed E-state index contributed by atoms with van der Waals surface area (Å²) in [5.74, 6) is -1.15. The molecule has 28 heavy (non-hydrogen) atoms. The molecular weight excluding hydrogens is 382 g/mol. The van der Waals surface area contributed by atoms with Gasteiger partial charge in [-0.25, -0.2) is 13.1 Å². The van der Waals surface area contributed by atoms with Crippen molar-refractivity contribution in [2.45, 2.75) is 11.3 Å². The van der Waals surface area contributed by atoms with Crippen molar-refractivity contribution in [2.24, 2.45) is 0 Å². The van der Waals surface area contributed by atoms with Gasteiger partial charge in [0.05, 0.1) is 11.3 Å². The smallest absolute Gasteiger partial charge is 0.307 e. The number of rotatable bonds is 9. The average molecular weight is 405 g/mol. The Morgan fingerprint density at radius 1 is 1.00 bits per heavy atom. The molecule has 0 atom stereocenters. The van der Waals surface area contributed by atoms with Crippen molar-refractivity contribution in [3.63, 3.8) is 0 Å². The van der Waals surface area contributed by atoms with Crippen molar-refractivity contribution in [1.82, 2.24) is 4.72 Å². The zero-order valence-electron chi connectivity index (χ0n) is 15.7. The molecule has 0 aromatic heterocycles. The molecule has 9 heteroatoms.